The number of ketones is 1. The topological polar surface area (TPSA) is 60.9 Å². The van der Waals surface area contributed by atoms with Gasteiger partial charge in [-0.15, -0.1) is 0 Å². The number of hydrogen-bond acceptors (Lipinski definition) is 4. The predicted octanol–water partition coefficient (Wildman–Crippen LogP) is 3.24. The molecule has 2 aromatic rings. The van der Waals surface area contributed by atoms with Gasteiger partial charge < -0.3 is 4.42 Å². The van der Waals surface area contributed by atoms with Crippen molar-refractivity contribution in [2.75, 3.05) is 0 Å². The molecule has 1 aliphatic rings. The summed E-state index contributed by atoms with van der Waals surface area (Å²) in [5.41, 5.74) is 0.585. The van der Waals surface area contributed by atoms with Crippen molar-refractivity contribution in [3.8, 4) is 0 Å². The number of aryl methyl sites for hydroxylation is 1. The zero-order valence-corrected chi connectivity index (χ0v) is 12.5. The fourth-order valence-corrected chi connectivity index (χ4v) is 2.61. The fourth-order valence-electron chi connectivity index (χ4n) is 1.88. The molecule has 1 fully saturated rings. The summed E-state index contributed by atoms with van der Waals surface area (Å²) in [5.74, 6) is 0.812. The van der Waals surface area contributed by atoms with Gasteiger partial charge in [-0.05, 0) is 34.7 Å². The highest BCUT2D eigenvalue weighted by atomic mass is 79.9. The van der Waals surface area contributed by atoms with Gasteiger partial charge in [0.15, 0.2) is 16.7 Å². The third-order valence-electron chi connectivity index (χ3n) is 3.01. The van der Waals surface area contributed by atoms with Crippen molar-refractivity contribution in [1.82, 2.24) is 14.8 Å². The van der Waals surface area contributed by atoms with Crippen LogP contribution < -0.4 is 0 Å². The van der Waals surface area contributed by atoms with Crippen LogP contribution in [0, 0.1) is 12.8 Å². The van der Waals surface area contributed by atoms with Gasteiger partial charge in [0.05, 0.1) is 5.56 Å². The van der Waals surface area contributed by atoms with Gasteiger partial charge in [0.2, 0.25) is 10.5 Å². The second-order valence-electron chi connectivity index (χ2n) is 4.68. The third-order valence-corrected chi connectivity index (χ3v) is 3.83. The van der Waals surface area contributed by atoms with E-state index in [9.17, 15) is 4.79 Å². The summed E-state index contributed by atoms with van der Waals surface area (Å²) in [6.07, 6.45) is 4.11. The maximum absolute atomic E-state index is 12.3. The lowest BCUT2D eigenvalue weighted by Crippen LogP contribution is -2.03. The summed E-state index contributed by atoms with van der Waals surface area (Å²) in [6.45, 7) is 2.49. The highest BCUT2D eigenvalue weighted by Gasteiger charge is 2.26. The van der Waals surface area contributed by atoms with Crippen LogP contribution >= 0.6 is 27.5 Å². The molecule has 0 N–H and O–H groups in total. The van der Waals surface area contributed by atoms with Gasteiger partial charge in [0.25, 0.3) is 0 Å². The van der Waals surface area contributed by atoms with Crippen LogP contribution in [0.15, 0.2) is 15.3 Å². The Hall–Kier alpha value is -1.14. The minimum atomic E-state index is -0.282. The van der Waals surface area contributed by atoms with E-state index in [2.05, 4.69) is 26.0 Å². The van der Waals surface area contributed by atoms with E-state index in [1.807, 2.05) is 0 Å². The maximum atomic E-state index is 12.3. The standard InChI is InChI=1S/C12H11BrClN3O2/c1-6-15-9(11(13)19-6)10(18)8-5-17(16-12(8)14)4-7-2-3-7/h5,7H,2-4H2,1H3. The predicted molar refractivity (Wildman–Crippen MR) is 72.3 cm³/mol. The molecule has 3 rings (SSSR count). The van der Waals surface area contributed by atoms with Gasteiger partial charge in [-0.1, -0.05) is 11.6 Å². The van der Waals surface area contributed by atoms with Crippen LogP contribution in [0.3, 0.4) is 0 Å². The molecule has 0 atom stereocenters. The number of aromatic nitrogens is 3. The third kappa shape index (κ3) is 2.60. The molecule has 2 aromatic heterocycles. The molecule has 0 amide bonds. The van der Waals surface area contributed by atoms with E-state index < -0.39 is 0 Å². The van der Waals surface area contributed by atoms with Gasteiger partial charge in [0.1, 0.15) is 0 Å². The van der Waals surface area contributed by atoms with Crippen molar-refractivity contribution in [2.24, 2.45) is 5.92 Å². The van der Waals surface area contributed by atoms with E-state index in [1.165, 1.54) is 12.8 Å². The van der Waals surface area contributed by atoms with Crippen LogP contribution in [-0.2, 0) is 6.54 Å². The lowest BCUT2D eigenvalue weighted by molar-refractivity contribution is 0.103. The van der Waals surface area contributed by atoms with Crippen LogP contribution in [-0.4, -0.2) is 20.5 Å². The Kier molecular flexibility index (Phi) is 3.22. The van der Waals surface area contributed by atoms with Crippen molar-refractivity contribution >= 4 is 33.3 Å². The summed E-state index contributed by atoms with van der Waals surface area (Å²) in [4.78, 5) is 16.4. The quantitative estimate of drug-likeness (QED) is 0.799. The zero-order chi connectivity index (χ0) is 13.6. The molecule has 1 aliphatic carbocycles. The maximum Gasteiger partial charge on any atom is 0.220 e. The van der Waals surface area contributed by atoms with Gasteiger partial charge in [0, 0.05) is 19.7 Å². The first kappa shape index (κ1) is 12.9. The molecule has 0 unspecified atom stereocenters. The van der Waals surface area contributed by atoms with Gasteiger partial charge in [-0.2, -0.15) is 5.10 Å². The van der Waals surface area contributed by atoms with Crippen LogP contribution in [0.1, 0.15) is 34.8 Å². The summed E-state index contributed by atoms with van der Waals surface area (Å²) in [7, 11) is 0. The van der Waals surface area contributed by atoms with E-state index in [1.54, 1.807) is 17.8 Å². The molecule has 1 saturated carbocycles. The van der Waals surface area contributed by atoms with Crippen molar-refractivity contribution in [1.29, 1.82) is 0 Å². The molecule has 0 radical (unpaired) electrons. The SMILES string of the molecule is Cc1nc(C(=O)c2cn(CC3CC3)nc2Cl)c(Br)o1. The summed E-state index contributed by atoms with van der Waals surface area (Å²) in [6, 6.07) is 0. The minimum absolute atomic E-state index is 0.207. The highest BCUT2D eigenvalue weighted by Crippen LogP contribution is 2.31. The Morgan fingerprint density at radius 1 is 1.63 bits per heavy atom. The monoisotopic (exact) mass is 343 g/mol. The van der Waals surface area contributed by atoms with Gasteiger partial charge >= 0.3 is 0 Å². The normalized spacial score (nSPS) is 14.9. The molecule has 2 heterocycles. The lowest BCUT2D eigenvalue weighted by atomic mass is 10.2. The van der Waals surface area contributed by atoms with Crippen molar-refractivity contribution in [3.05, 3.63) is 33.2 Å². The molecular weight excluding hydrogens is 334 g/mol. The lowest BCUT2D eigenvalue weighted by Gasteiger charge is -1.96. The smallest absolute Gasteiger partial charge is 0.220 e. The second-order valence-corrected chi connectivity index (χ2v) is 5.76. The van der Waals surface area contributed by atoms with Gasteiger partial charge in [-0.3, -0.25) is 9.48 Å². The minimum Gasteiger partial charge on any atom is -0.433 e. The van der Waals surface area contributed by atoms with Crippen LogP contribution in [0.5, 0.6) is 0 Å². The number of halogens is 2. The van der Waals surface area contributed by atoms with Crippen LogP contribution in [0.2, 0.25) is 5.15 Å². The van der Waals surface area contributed by atoms with E-state index >= 15 is 0 Å². The fraction of sp³-hybridized carbons (Fsp3) is 0.417. The Balaban J connectivity index is 1.90. The molecular formula is C12H11BrClN3O2. The first-order valence-corrected chi connectivity index (χ1v) is 7.12. The Morgan fingerprint density at radius 2 is 2.37 bits per heavy atom. The molecule has 0 aromatic carbocycles. The second kappa shape index (κ2) is 4.76. The Labute approximate surface area is 123 Å². The van der Waals surface area contributed by atoms with E-state index in [4.69, 9.17) is 16.0 Å². The van der Waals surface area contributed by atoms with Crippen molar-refractivity contribution in [2.45, 2.75) is 26.3 Å². The average Bonchev–Trinajstić information content (AvgIpc) is 2.98. The average molecular weight is 345 g/mol. The number of nitrogens with zero attached hydrogens (tertiary/aromatic N) is 3. The first-order chi connectivity index (χ1) is 9.04. The number of oxazole rings is 1. The number of hydrogen-bond donors (Lipinski definition) is 0. The molecule has 0 aliphatic heterocycles. The molecule has 0 bridgehead atoms. The molecule has 0 saturated heterocycles. The van der Waals surface area contributed by atoms with Crippen molar-refractivity contribution < 1.29 is 9.21 Å². The zero-order valence-electron chi connectivity index (χ0n) is 10.2. The van der Waals surface area contributed by atoms with Gasteiger partial charge in [-0.25, -0.2) is 4.98 Å². The summed E-state index contributed by atoms with van der Waals surface area (Å²) < 4.78 is 7.24. The summed E-state index contributed by atoms with van der Waals surface area (Å²) in [5, 5.41) is 4.37. The number of rotatable bonds is 4. The van der Waals surface area contributed by atoms with Crippen LogP contribution in [0.25, 0.3) is 0 Å². The summed E-state index contributed by atoms with van der Waals surface area (Å²) >= 11 is 9.20. The molecule has 100 valence electrons. The van der Waals surface area contributed by atoms with Crippen LogP contribution in [0.4, 0.5) is 0 Å². The molecule has 7 heteroatoms. The number of carbonyl (C=O) groups excluding carboxylic acids is 1. The van der Waals surface area contributed by atoms with E-state index in [0.717, 1.165) is 6.54 Å². The molecule has 0 spiro atoms. The molecule has 19 heavy (non-hydrogen) atoms. The first-order valence-electron chi connectivity index (χ1n) is 5.95. The van der Waals surface area contributed by atoms with E-state index in [0.29, 0.717) is 22.0 Å². The molecule has 5 nitrogen and oxygen atoms in total. The van der Waals surface area contributed by atoms with E-state index in [-0.39, 0.29) is 16.6 Å². The van der Waals surface area contributed by atoms with Crippen molar-refractivity contribution in [3.63, 3.8) is 0 Å². The Morgan fingerprint density at radius 3 is 2.95 bits per heavy atom. The Bertz CT molecular complexity index is 645. The highest BCUT2D eigenvalue weighted by molar-refractivity contribution is 9.10. The largest absolute Gasteiger partial charge is 0.433 e. The number of carbonyl (C=O) groups is 1.